The molecule has 1 N–H and O–H groups in total. The monoisotopic (exact) mass is 692 g/mol. The second kappa shape index (κ2) is 13.8. The Labute approximate surface area is 288 Å². The molecule has 3 aliphatic heterocycles. The lowest BCUT2D eigenvalue weighted by Gasteiger charge is -2.32. The van der Waals surface area contributed by atoms with Gasteiger partial charge in [0.05, 0.1) is 24.6 Å². The first kappa shape index (κ1) is 32.4. The molecule has 3 fully saturated rings. The van der Waals surface area contributed by atoms with E-state index < -0.39 is 16.6 Å². The lowest BCUT2D eigenvalue weighted by atomic mass is 10.1. The summed E-state index contributed by atoms with van der Waals surface area (Å²) in [6, 6.07) is 32.5. The molecule has 3 saturated heterocycles. The number of carbonyl (C=O) groups is 1. The number of benzene rings is 3. The number of fused-ring (bicyclic) bond motifs is 2. The van der Waals surface area contributed by atoms with Crippen molar-refractivity contribution in [1.82, 2.24) is 24.2 Å². The molecule has 0 radical (unpaired) electrons. The first-order valence-electron chi connectivity index (χ1n) is 17.2. The van der Waals surface area contributed by atoms with Crippen LogP contribution in [0.4, 0.5) is 5.82 Å². The molecule has 0 saturated carbocycles. The third-order valence-electron chi connectivity index (χ3n) is 10.3. The quantitative estimate of drug-likeness (QED) is 0.138. The van der Waals surface area contributed by atoms with E-state index in [2.05, 4.69) is 99.1 Å². The van der Waals surface area contributed by atoms with Gasteiger partial charge in [-0.05, 0) is 37.4 Å². The number of ether oxygens (including phenoxy) is 1. The van der Waals surface area contributed by atoms with Crippen LogP contribution in [0.1, 0.15) is 49.2 Å². The minimum absolute atomic E-state index is 0.0963. The molecule has 3 aliphatic rings. The van der Waals surface area contributed by atoms with Crippen molar-refractivity contribution in [3.05, 3.63) is 109 Å². The Kier molecular flexibility index (Phi) is 9.13. The van der Waals surface area contributed by atoms with Crippen molar-refractivity contribution in [2.75, 3.05) is 11.9 Å². The molecule has 8 rings (SSSR count). The van der Waals surface area contributed by atoms with Crippen molar-refractivity contribution in [1.29, 1.82) is 0 Å². The SMILES string of the molecule is CC[C@H]1O[C@@H](n2cnc3c(NC(=O)c4ccccc4)ncnc32)C[C@H]1O[P@]1O[C@H](C[Si](C)(c2ccccc2)c2ccccc2)[C@@H]2CCCN21. The molecule has 5 aromatic rings. The van der Waals surface area contributed by atoms with Crippen LogP contribution in [-0.2, 0) is 13.8 Å². The summed E-state index contributed by atoms with van der Waals surface area (Å²) >= 11 is 0. The van der Waals surface area contributed by atoms with Crippen LogP contribution in [0.15, 0.2) is 104 Å². The molecule has 0 aliphatic carbocycles. The number of carbonyl (C=O) groups excluding carboxylic acids is 1. The van der Waals surface area contributed by atoms with Crippen molar-refractivity contribution in [3.8, 4) is 0 Å². The summed E-state index contributed by atoms with van der Waals surface area (Å²) in [4.78, 5) is 26.3. The zero-order chi connectivity index (χ0) is 33.4. The molecular weight excluding hydrogens is 652 g/mol. The minimum Gasteiger partial charge on any atom is -0.352 e. The van der Waals surface area contributed by atoms with Gasteiger partial charge in [0.2, 0.25) is 0 Å². The van der Waals surface area contributed by atoms with Crippen molar-refractivity contribution in [2.24, 2.45) is 0 Å². The van der Waals surface area contributed by atoms with E-state index in [9.17, 15) is 4.79 Å². The average molecular weight is 693 g/mol. The fourth-order valence-electron chi connectivity index (χ4n) is 7.66. The number of imidazole rings is 1. The molecule has 2 aromatic heterocycles. The Morgan fingerprint density at radius 3 is 2.35 bits per heavy atom. The van der Waals surface area contributed by atoms with Crippen LogP contribution in [0, 0.1) is 0 Å². The van der Waals surface area contributed by atoms with E-state index >= 15 is 0 Å². The number of anilines is 1. The van der Waals surface area contributed by atoms with E-state index in [1.165, 1.54) is 16.7 Å². The van der Waals surface area contributed by atoms with Crippen LogP contribution >= 0.6 is 8.53 Å². The Hall–Kier alpha value is -3.83. The second-order valence-corrected chi connectivity index (χ2v) is 18.9. The summed E-state index contributed by atoms with van der Waals surface area (Å²) in [5.41, 5.74) is 1.67. The Morgan fingerprint density at radius 2 is 1.65 bits per heavy atom. The molecule has 3 aromatic carbocycles. The number of aromatic nitrogens is 4. The van der Waals surface area contributed by atoms with Crippen LogP contribution in [0.25, 0.3) is 11.2 Å². The summed E-state index contributed by atoms with van der Waals surface area (Å²) in [7, 11) is -3.33. The molecule has 6 atom stereocenters. The van der Waals surface area contributed by atoms with E-state index in [4.69, 9.17) is 13.8 Å². The van der Waals surface area contributed by atoms with Gasteiger partial charge in [-0.25, -0.2) is 19.6 Å². The van der Waals surface area contributed by atoms with Crippen molar-refractivity contribution >= 4 is 49.9 Å². The summed E-state index contributed by atoms with van der Waals surface area (Å²) < 4.78 is 25.0. The normalized spacial score (nSPS) is 25.5. The highest BCUT2D eigenvalue weighted by Gasteiger charge is 2.51. The van der Waals surface area contributed by atoms with E-state index in [-0.39, 0.29) is 30.4 Å². The predicted molar refractivity (Wildman–Crippen MR) is 194 cm³/mol. The fourth-order valence-corrected chi connectivity index (χ4v) is 13.6. The van der Waals surface area contributed by atoms with Crippen LogP contribution in [0.3, 0.4) is 0 Å². The first-order valence-corrected chi connectivity index (χ1v) is 21.1. The van der Waals surface area contributed by atoms with Crippen LogP contribution < -0.4 is 15.7 Å². The average Bonchev–Trinajstić information content (AvgIpc) is 3.95. The summed E-state index contributed by atoms with van der Waals surface area (Å²) in [6.45, 7) is 5.62. The number of amides is 1. The lowest BCUT2D eigenvalue weighted by Crippen LogP contribution is -2.58. The van der Waals surface area contributed by atoms with Gasteiger partial charge in [-0.15, -0.1) is 0 Å². The fraction of sp³-hybridized carbons (Fsp3) is 0.351. The molecule has 12 heteroatoms. The molecule has 0 unspecified atom stereocenters. The molecular formula is C37H41N6O4PSi. The van der Waals surface area contributed by atoms with Gasteiger partial charge in [-0.2, -0.15) is 0 Å². The van der Waals surface area contributed by atoms with Gasteiger partial charge in [0.1, 0.15) is 20.6 Å². The standard InChI is InChI=1S/C37H41N6O4PSi/c1-3-30-31(22-33(45-30)42-25-40-34-35(38-24-39-36(34)42)41-37(44)26-14-7-4-8-15-26)46-48-43-21-13-20-29(43)32(47-48)23-49(2,27-16-9-5-10-17-27)28-18-11-6-12-19-28/h4-12,14-19,24-25,29-33H,3,13,20-23H2,1-2H3,(H,38,39,41,44)/t29-,30+,31+,32+,33+,48+/m0/s1. The van der Waals surface area contributed by atoms with Crippen LogP contribution in [0.5, 0.6) is 0 Å². The highest BCUT2D eigenvalue weighted by molar-refractivity contribution is 7.45. The molecule has 0 spiro atoms. The summed E-state index contributed by atoms with van der Waals surface area (Å²) in [5.74, 6) is 0.116. The maximum absolute atomic E-state index is 12.9. The molecule has 0 bridgehead atoms. The van der Waals surface area contributed by atoms with Gasteiger partial charge < -0.3 is 19.1 Å². The van der Waals surface area contributed by atoms with Gasteiger partial charge >= 0.3 is 0 Å². The summed E-state index contributed by atoms with van der Waals surface area (Å²) in [6.07, 6.45) is 6.48. The maximum Gasteiger partial charge on any atom is 0.259 e. The number of nitrogens with zero attached hydrogens (tertiary/aromatic N) is 5. The second-order valence-electron chi connectivity index (χ2n) is 13.3. The number of hydrogen-bond donors (Lipinski definition) is 1. The molecule has 49 heavy (non-hydrogen) atoms. The number of rotatable bonds is 10. The lowest BCUT2D eigenvalue weighted by molar-refractivity contribution is -0.0152. The topological polar surface area (TPSA) is 104 Å². The predicted octanol–water partition coefficient (Wildman–Crippen LogP) is 6.14. The smallest absolute Gasteiger partial charge is 0.259 e. The summed E-state index contributed by atoms with van der Waals surface area (Å²) in [5, 5.41) is 5.76. The molecule has 10 nitrogen and oxygen atoms in total. The van der Waals surface area contributed by atoms with Gasteiger partial charge in [0, 0.05) is 24.6 Å². The first-order chi connectivity index (χ1) is 24.0. The molecule has 252 valence electrons. The van der Waals surface area contributed by atoms with Gasteiger partial charge in [-0.1, -0.05) is 103 Å². The highest BCUT2D eigenvalue weighted by Crippen LogP contribution is 2.59. The molecule has 1 amide bonds. The minimum atomic E-state index is -2.10. The Bertz CT molecular complexity index is 1860. The number of nitrogens with one attached hydrogen (secondary N) is 1. The van der Waals surface area contributed by atoms with E-state index in [1.807, 2.05) is 22.8 Å². The van der Waals surface area contributed by atoms with Gasteiger partial charge in [0.25, 0.3) is 14.4 Å². The largest absolute Gasteiger partial charge is 0.352 e. The zero-order valence-corrected chi connectivity index (χ0v) is 29.7. The van der Waals surface area contributed by atoms with Crippen molar-refractivity contribution in [3.63, 3.8) is 0 Å². The Balaban J connectivity index is 0.997. The van der Waals surface area contributed by atoms with Crippen molar-refractivity contribution < 1.29 is 18.6 Å². The van der Waals surface area contributed by atoms with Crippen LogP contribution in [0.2, 0.25) is 12.6 Å². The molecule has 5 heterocycles. The van der Waals surface area contributed by atoms with Gasteiger partial charge in [-0.3, -0.25) is 9.36 Å². The van der Waals surface area contributed by atoms with E-state index in [0.29, 0.717) is 35.0 Å². The highest BCUT2D eigenvalue weighted by atomic mass is 31.2. The van der Waals surface area contributed by atoms with E-state index in [1.54, 1.807) is 18.5 Å². The number of hydrogen-bond acceptors (Lipinski definition) is 8. The van der Waals surface area contributed by atoms with Crippen LogP contribution in [-0.4, -0.2) is 69.1 Å². The third-order valence-corrected chi connectivity index (χ3v) is 16.6. The zero-order valence-electron chi connectivity index (χ0n) is 27.8. The van der Waals surface area contributed by atoms with E-state index in [0.717, 1.165) is 31.9 Å². The Morgan fingerprint density at radius 1 is 0.959 bits per heavy atom. The maximum atomic E-state index is 12.9. The van der Waals surface area contributed by atoms with Crippen molar-refractivity contribution in [2.45, 2.75) is 75.8 Å². The van der Waals surface area contributed by atoms with Gasteiger partial charge in [0.15, 0.2) is 17.0 Å². The third kappa shape index (κ3) is 6.24.